The third-order valence-corrected chi connectivity index (χ3v) is 3.14. The lowest BCUT2D eigenvalue weighted by Crippen LogP contribution is -2.30. The van der Waals surface area contributed by atoms with E-state index in [9.17, 15) is 0 Å². The Labute approximate surface area is 89.4 Å². The summed E-state index contributed by atoms with van der Waals surface area (Å²) >= 11 is 5.93. The van der Waals surface area contributed by atoms with Crippen molar-refractivity contribution in [1.82, 2.24) is 0 Å². The van der Waals surface area contributed by atoms with Gasteiger partial charge in [0.1, 0.15) is 0 Å². The van der Waals surface area contributed by atoms with Crippen molar-refractivity contribution in [1.29, 1.82) is 0 Å². The number of nitrogens with two attached hydrogens (primary N) is 1. The van der Waals surface area contributed by atoms with Gasteiger partial charge in [-0.3, -0.25) is 0 Å². The van der Waals surface area contributed by atoms with E-state index < -0.39 is 0 Å². The van der Waals surface area contributed by atoms with Crippen LogP contribution in [0.3, 0.4) is 0 Å². The Morgan fingerprint density at radius 2 is 2.43 bits per heavy atom. The first-order chi connectivity index (χ1) is 6.70. The summed E-state index contributed by atoms with van der Waals surface area (Å²) in [4.78, 5) is 0. The third kappa shape index (κ3) is 1.72. The van der Waals surface area contributed by atoms with Gasteiger partial charge in [0.2, 0.25) is 0 Å². The first-order valence-corrected chi connectivity index (χ1v) is 5.33. The molecule has 14 heavy (non-hydrogen) atoms. The number of hydrogen-bond acceptors (Lipinski definition) is 2. The lowest BCUT2D eigenvalue weighted by atomic mass is 9.99. The van der Waals surface area contributed by atoms with Crippen LogP contribution in [-0.2, 0) is 6.42 Å². The van der Waals surface area contributed by atoms with Gasteiger partial charge in [-0.05, 0) is 42.6 Å². The maximum absolute atomic E-state index is 5.93. The van der Waals surface area contributed by atoms with Crippen molar-refractivity contribution in [2.75, 3.05) is 11.9 Å². The smallest absolute Gasteiger partial charge is 0.0410 e. The molecule has 3 N–H and O–H groups in total. The first-order valence-electron chi connectivity index (χ1n) is 4.95. The molecule has 0 saturated carbocycles. The van der Waals surface area contributed by atoms with E-state index >= 15 is 0 Å². The first kappa shape index (κ1) is 9.81. The van der Waals surface area contributed by atoms with Gasteiger partial charge in [-0.25, -0.2) is 0 Å². The molecule has 0 spiro atoms. The van der Waals surface area contributed by atoms with Crippen LogP contribution in [0.15, 0.2) is 18.2 Å². The zero-order valence-electron chi connectivity index (χ0n) is 8.26. The van der Waals surface area contributed by atoms with Gasteiger partial charge in [-0.2, -0.15) is 0 Å². The summed E-state index contributed by atoms with van der Waals surface area (Å²) in [5.74, 6) is 0.501. The molecule has 2 rings (SSSR count). The van der Waals surface area contributed by atoms with Crippen LogP contribution in [0.25, 0.3) is 0 Å². The number of nitrogens with one attached hydrogen (secondary N) is 1. The van der Waals surface area contributed by atoms with Crippen LogP contribution in [0.5, 0.6) is 0 Å². The highest BCUT2D eigenvalue weighted by atomic mass is 35.5. The summed E-state index contributed by atoms with van der Waals surface area (Å²) in [6, 6.07) is 6.46. The fourth-order valence-corrected chi connectivity index (χ4v) is 2.06. The molecule has 2 unspecified atom stereocenters. The maximum atomic E-state index is 5.93. The van der Waals surface area contributed by atoms with Gasteiger partial charge in [0, 0.05) is 16.8 Å². The molecule has 76 valence electrons. The van der Waals surface area contributed by atoms with E-state index in [0.29, 0.717) is 12.0 Å². The van der Waals surface area contributed by atoms with Gasteiger partial charge in [-0.1, -0.05) is 18.5 Å². The van der Waals surface area contributed by atoms with Crippen LogP contribution in [-0.4, -0.2) is 12.6 Å². The van der Waals surface area contributed by atoms with E-state index in [1.165, 1.54) is 11.3 Å². The van der Waals surface area contributed by atoms with Crippen molar-refractivity contribution >= 4 is 17.3 Å². The molecular formula is C11H15ClN2. The largest absolute Gasteiger partial charge is 0.381 e. The molecule has 2 nitrogen and oxygen atoms in total. The molecule has 0 saturated heterocycles. The average molecular weight is 211 g/mol. The summed E-state index contributed by atoms with van der Waals surface area (Å²) in [6.45, 7) is 2.89. The predicted octanol–water partition coefficient (Wildman–Crippen LogP) is 2.27. The van der Waals surface area contributed by atoms with Crippen molar-refractivity contribution in [3.05, 3.63) is 28.8 Å². The maximum Gasteiger partial charge on any atom is 0.0410 e. The Morgan fingerprint density at radius 1 is 1.64 bits per heavy atom. The van der Waals surface area contributed by atoms with Crippen LogP contribution in [0.4, 0.5) is 5.69 Å². The summed E-state index contributed by atoms with van der Waals surface area (Å²) in [6.07, 6.45) is 1.04. The van der Waals surface area contributed by atoms with Gasteiger partial charge in [-0.15, -0.1) is 0 Å². The van der Waals surface area contributed by atoms with E-state index in [1.807, 2.05) is 18.2 Å². The van der Waals surface area contributed by atoms with Crippen molar-refractivity contribution in [2.45, 2.75) is 19.4 Å². The number of fused-ring (bicyclic) bond motifs is 1. The number of rotatable bonds is 2. The normalized spacial score (nSPS) is 21.5. The van der Waals surface area contributed by atoms with Crippen molar-refractivity contribution in [3.63, 3.8) is 0 Å². The van der Waals surface area contributed by atoms with Crippen molar-refractivity contribution in [2.24, 2.45) is 11.7 Å². The molecule has 0 radical (unpaired) electrons. The van der Waals surface area contributed by atoms with Gasteiger partial charge in [0.05, 0.1) is 0 Å². The third-order valence-electron chi connectivity index (χ3n) is 2.91. The van der Waals surface area contributed by atoms with Gasteiger partial charge in [0.25, 0.3) is 0 Å². The average Bonchev–Trinajstić information content (AvgIpc) is 2.59. The second-order valence-corrected chi connectivity index (χ2v) is 4.41. The van der Waals surface area contributed by atoms with Crippen LogP contribution in [0, 0.1) is 5.92 Å². The SMILES string of the molecule is CC(CN)C1Cc2cc(Cl)ccc2N1. The fraction of sp³-hybridized carbons (Fsp3) is 0.455. The minimum Gasteiger partial charge on any atom is -0.381 e. The second-order valence-electron chi connectivity index (χ2n) is 3.97. The van der Waals surface area contributed by atoms with Crippen molar-refractivity contribution in [3.8, 4) is 0 Å². The predicted molar refractivity (Wildman–Crippen MR) is 60.8 cm³/mol. The molecule has 1 heterocycles. The van der Waals surface area contributed by atoms with Crippen LogP contribution in [0.1, 0.15) is 12.5 Å². The molecule has 0 amide bonds. The summed E-state index contributed by atoms with van der Waals surface area (Å²) < 4.78 is 0. The molecule has 3 heteroatoms. The molecule has 1 aliphatic rings. The van der Waals surface area contributed by atoms with Crippen LogP contribution in [0.2, 0.25) is 5.02 Å². The molecule has 1 aromatic rings. The Morgan fingerprint density at radius 3 is 3.14 bits per heavy atom. The highest BCUT2D eigenvalue weighted by molar-refractivity contribution is 6.30. The Bertz CT molecular complexity index is 338. The highest BCUT2D eigenvalue weighted by Gasteiger charge is 2.24. The van der Waals surface area contributed by atoms with E-state index in [1.54, 1.807) is 0 Å². The Kier molecular flexibility index (Phi) is 2.66. The molecular weight excluding hydrogens is 196 g/mol. The standard InChI is InChI=1S/C11H15ClN2/c1-7(6-13)11-5-8-4-9(12)2-3-10(8)14-11/h2-4,7,11,14H,5-6,13H2,1H3. The minimum atomic E-state index is 0.466. The molecule has 0 fully saturated rings. The van der Waals surface area contributed by atoms with E-state index in [4.69, 9.17) is 17.3 Å². The number of benzene rings is 1. The second kappa shape index (κ2) is 3.79. The lowest BCUT2D eigenvalue weighted by molar-refractivity contribution is 0.503. The molecule has 1 aliphatic heterocycles. The number of halogens is 1. The summed E-state index contributed by atoms with van der Waals surface area (Å²) in [5, 5.41) is 4.29. The summed E-state index contributed by atoms with van der Waals surface area (Å²) in [7, 11) is 0. The van der Waals surface area contributed by atoms with Crippen LogP contribution >= 0.6 is 11.6 Å². The zero-order chi connectivity index (χ0) is 10.1. The summed E-state index contributed by atoms with van der Waals surface area (Å²) in [5.41, 5.74) is 8.17. The highest BCUT2D eigenvalue weighted by Crippen LogP contribution is 2.30. The molecule has 1 aromatic carbocycles. The zero-order valence-corrected chi connectivity index (χ0v) is 9.01. The quantitative estimate of drug-likeness (QED) is 0.786. The topological polar surface area (TPSA) is 38.0 Å². The monoisotopic (exact) mass is 210 g/mol. The number of hydrogen-bond donors (Lipinski definition) is 2. The lowest BCUT2D eigenvalue weighted by Gasteiger charge is -2.17. The van der Waals surface area contributed by atoms with E-state index in [0.717, 1.165) is 18.0 Å². The Hall–Kier alpha value is -0.730. The van der Waals surface area contributed by atoms with E-state index in [-0.39, 0.29) is 0 Å². The number of anilines is 1. The van der Waals surface area contributed by atoms with Crippen molar-refractivity contribution < 1.29 is 0 Å². The molecule has 0 aliphatic carbocycles. The molecule has 0 bridgehead atoms. The van der Waals surface area contributed by atoms with Crippen LogP contribution < -0.4 is 11.1 Å². The minimum absolute atomic E-state index is 0.466. The van der Waals surface area contributed by atoms with Gasteiger partial charge >= 0.3 is 0 Å². The molecule has 0 aromatic heterocycles. The van der Waals surface area contributed by atoms with Gasteiger partial charge < -0.3 is 11.1 Å². The van der Waals surface area contributed by atoms with E-state index in [2.05, 4.69) is 12.2 Å². The fourth-order valence-electron chi connectivity index (χ4n) is 1.87. The Balaban J connectivity index is 2.17. The molecule has 2 atom stereocenters. The van der Waals surface area contributed by atoms with Gasteiger partial charge in [0.15, 0.2) is 0 Å².